The Balaban J connectivity index is 1.78. The highest BCUT2D eigenvalue weighted by Crippen LogP contribution is 2.41. The van der Waals surface area contributed by atoms with Gasteiger partial charge in [-0.3, -0.25) is 0 Å². The van der Waals surface area contributed by atoms with E-state index in [1.807, 2.05) is 12.1 Å². The molecule has 1 aliphatic heterocycles. The van der Waals surface area contributed by atoms with E-state index in [1.165, 1.54) is 25.0 Å². The Kier molecular flexibility index (Phi) is 3.83. The zero-order chi connectivity index (χ0) is 14.2. The van der Waals surface area contributed by atoms with Crippen LogP contribution < -0.4 is 5.32 Å². The number of rotatable bonds is 1. The van der Waals surface area contributed by atoms with Crippen LogP contribution in [-0.4, -0.2) is 18.2 Å². The first-order chi connectivity index (χ1) is 9.58. The Morgan fingerprint density at radius 2 is 1.80 bits per heavy atom. The maximum Gasteiger partial charge on any atom is 0.123 e. The number of morpholine rings is 1. The van der Waals surface area contributed by atoms with Crippen molar-refractivity contribution in [3.8, 4) is 0 Å². The summed E-state index contributed by atoms with van der Waals surface area (Å²) in [5.41, 5.74) is 1.06. The van der Waals surface area contributed by atoms with Crippen molar-refractivity contribution >= 4 is 0 Å². The third-order valence-corrected chi connectivity index (χ3v) is 4.96. The van der Waals surface area contributed by atoms with E-state index in [1.54, 1.807) is 0 Å². The van der Waals surface area contributed by atoms with Gasteiger partial charge < -0.3 is 10.1 Å². The quantitative estimate of drug-likeness (QED) is 0.842. The van der Waals surface area contributed by atoms with Gasteiger partial charge in [-0.05, 0) is 56.2 Å². The van der Waals surface area contributed by atoms with Crippen LogP contribution in [0.4, 0.5) is 4.39 Å². The summed E-state index contributed by atoms with van der Waals surface area (Å²) in [6.07, 6.45) is 4.77. The largest absolute Gasteiger partial charge is 0.364 e. The monoisotopic (exact) mass is 277 g/mol. The molecule has 0 amide bonds. The lowest BCUT2D eigenvalue weighted by molar-refractivity contribution is -0.155. The molecule has 2 nitrogen and oxygen atoms in total. The molecule has 1 saturated carbocycles. The molecular formula is C17H24FNO. The number of nitrogens with one attached hydrogen (secondary N) is 1. The molecule has 1 aromatic rings. The van der Waals surface area contributed by atoms with E-state index in [9.17, 15) is 4.39 Å². The van der Waals surface area contributed by atoms with Crippen LogP contribution in [-0.2, 0) is 4.74 Å². The summed E-state index contributed by atoms with van der Waals surface area (Å²) >= 11 is 0. The summed E-state index contributed by atoms with van der Waals surface area (Å²) < 4.78 is 19.6. The van der Waals surface area contributed by atoms with Gasteiger partial charge >= 0.3 is 0 Å². The molecule has 1 saturated heterocycles. The van der Waals surface area contributed by atoms with E-state index < -0.39 is 0 Å². The highest BCUT2D eigenvalue weighted by molar-refractivity contribution is 5.21. The minimum Gasteiger partial charge on any atom is -0.364 e. The molecule has 0 aromatic heterocycles. The van der Waals surface area contributed by atoms with Gasteiger partial charge in [0, 0.05) is 12.6 Å². The first-order valence-electron chi connectivity index (χ1n) is 7.75. The van der Waals surface area contributed by atoms with Crippen molar-refractivity contribution in [1.82, 2.24) is 5.32 Å². The fraction of sp³-hybridized carbons (Fsp3) is 0.647. The molecule has 3 rings (SSSR count). The fourth-order valence-corrected chi connectivity index (χ4v) is 3.46. The molecule has 1 spiro atoms. The lowest BCUT2D eigenvalue weighted by atomic mass is 9.78. The number of benzene rings is 1. The average molecular weight is 277 g/mol. The Labute approximate surface area is 120 Å². The lowest BCUT2D eigenvalue weighted by Crippen LogP contribution is -2.56. The normalized spacial score (nSPS) is 38.0. The maximum atomic E-state index is 13.1. The van der Waals surface area contributed by atoms with Gasteiger partial charge in [-0.2, -0.15) is 0 Å². The van der Waals surface area contributed by atoms with Crippen LogP contribution in [0.5, 0.6) is 0 Å². The standard InChI is InChI=1S/C17H24FNO/c1-12-7-9-17(10-8-12)11-19-13(2)16(20-17)14-3-5-15(18)6-4-14/h3-6,12-13,16,19H,7-11H2,1-2H3. The smallest absolute Gasteiger partial charge is 0.123 e. The van der Waals surface area contributed by atoms with Crippen LogP contribution in [0.25, 0.3) is 0 Å². The molecule has 0 radical (unpaired) electrons. The molecular weight excluding hydrogens is 253 g/mol. The third-order valence-electron chi connectivity index (χ3n) is 4.96. The number of hydrogen-bond acceptors (Lipinski definition) is 2. The van der Waals surface area contributed by atoms with Gasteiger partial charge in [0.15, 0.2) is 0 Å². The van der Waals surface area contributed by atoms with Gasteiger partial charge in [-0.25, -0.2) is 4.39 Å². The van der Waals surface area contributed by atoms with E-state index in [2.05, 4.69) is 19.2 Å². The molecule has 3 heteroatoms. The topological polar surface area (TPSA) is 21.3 Å². The van der Waals surface area contributed by atoms with Crippen molar-refractivity contribution in [3.63, 3.8) is 0 Å². The number of halogens is 1. The molecule has 2 unspecified atom stereocenters. The summed E-state index contributed by atoms with van der Waals surface area (Å²) in [6, 6.07) is 7.02. The fourth-order valence-electron chi connectivity index (χ4n) is 3.46. The SMILES string of the molecule is CC1CCC2(CC1)CNC(C)C(c1ccc(F)cc1)O2. The first-order valence-corrected chi connectivity index (χ1v) is 7.75. The van der Waals surface area contributed by atoms with E-state index in [0.29, 0.717) is 0 Å². The highest BCUT2D eigenvalue weighted by atomic mass is 19.1. The van der Waals surface area contributed by atoms with Crippen LogP contribution in [0.1, 0.15) is 51.2 Å². The van der Waals surface area contributed by atoms with Crippen molar-refractivity contribution in [1.29, 1.82) is 0 Å². The third kappa shape index (κ3) is 2.75. The molecule has 1 aromatic carbocycles. The second kappa shape index (κ2) is 5.45. The van der Waals surface area contributed by atoms with Gasteiger partial charge in [0.05, 0.1) is 11.7 Å². The molecule has 110 valence electrons. The molecule has 1 heterocycles. The maximum absolute atomic E-state index is 13.1. The van der Waals surface area contributed by atoms with E-state index in [0.717, 1.165) is 30.9 Å². The van der Waals surface area contributed by atoms with Crippen LogP contribution in [0, 0.1) is 11.7 Å². The summed E-state index contributed by atoms with van der Waals surface area (Å²) in [5, 5.41) is 3.60. The van der Waals surface area contributed by atoms with Crippen LogP contribution >= 0.6 is 0 Å². The molecule has 0 bridgehead atoms. The average Bonchev–Trinajstić information content (AvgIpc) is 2.46. The lowest BCUT2D eigenvalue weighted by Gasteiger charge is -2.48. The number of ether oxygens (including phenoxy) is 1. The molecule has 20 heavy (non-hydrogen) atoms. The Hall–Kier alpha value is -0.930. The van der Waals surface area contributed by atoms with Crippen molar-refractivity contribution in [2.24, 2.45) is 5.92 Å². The minimum absolute atomic E-state index is 0.0158. The first kappa shape index (κ1) is 14.0. The Morgan fingerprint density at radius 3 is 2.45 bits per heavy atom. The van der Waals surface area contributed by atoms with Crippen molar-refractivity contribution in [3.05, 3.63) is 35.6 Å². The molecule has 2 atom stereocenters. The molecule has 2 fully saturated rings. The summed E-state index contributed by atoms with van der Waals surface area (Å²) in [5.74, 6) is 0.624. The summed E-state index contributed by atoms with van der Waals surface area (Å²) in [6.45, 7) is 5.41. The predicted molar refractivity (Wildman–Crippen MR) is 78.1 cm³/mol. The highest BCUT2D eigenvalue weighted by Gasteiger charge is 2.42. The molecule has 1 N–H and O–H groups in total. The second-order valence-corrected chi connectivity index (χ2v) is 6.63. The second-order valence-electron chi connectivity index (χ2n) is 6.63. The zero-order valence-corrected chi connectivity index (χ0v) is 12.4. The number of hydrogen-bond donors (Lipinski definition) is 1. The van der Waals surface area contributed by atoms with Crippen LogP contribution in [0.3, 0.4) is 0 Å². The molecule has 2 aliphatic rings. The van der Waals surface area contributed by atoms with Crippen LogP contribution in [0.2, 0.25) is 0 Å². The van der Waals surface area contributed by atoms with Crippen molar-refractivity contribution in [2.45, 2.75) is 57.3 Å². The Bertz CT molecular complexity index is 445. The van der Waals surface area contributed by atoms with E-state index in [4.69, 9.17) is 4.74 Å². The van der Waals surface area contributed by atoms with E-state index >= 15 is 0 Å². The summed E-state index contributed by atoms with van der Waals surface area (Å²) in [7, 11) is 0. The van der Waals surface area contributed by atoms with Gasteiger partial charge in [-0.1, -0.05) is 19.1 Å². The van der Waals surface area contributed by atoms with Gasteiger partial charge in [0.1, 0.15) is 5.82 Å². The van der Waals surface area contributed by atoms with Gasteiger partial charge in [0.2, 0.25) is 0 Å². The van der Waals surface area contributed by atoms with E-state index in [-0.39, 0.29) is 23.6 Å². The minimum atomic E-state index is -0.189. The zero-order valence-electron chi connectivity index (χ0n) is 12.4. The van der Waals surface area contributed by atoms with Crippen LogP contribution in [0.15, 0.2) is 24.3 Å². The predicted octanol–water partition coefficient (Wildman–Crippen LogP) is 3.82. The van der Waals surface area contributed by atoms with Crippen molar-refractivity contribution < 1.29 is 9.13 Å². The Morgan fingerprint density at radius 1 is 1.15 bits per heavy atom. The molecule has 1 aliphatic carbocycles. The van der Waals surface area contributed by atoms with Gasteiger partial charge in [0.25, 0.3) is 0 Å². The summed E-state index contributed by atoms with van der Waals surface area (Å²) in [4.78, 5) is 0. The van der Waals surface area contributed by atoms with Crippen molar-refractivity contribution in [2.75, 3.05) is 6.54 Å². The van der Waals surface area contributed by atoms with Gasteiger partial charge in [-0.15, -0.1) is 0 Å².